The van der Waals surface area contributed by atoms with Gasteiger partial charge in [-0.15, -0.1) is 0 Å². The van der Waals surface area contributed by atoms with Crippen molar-refractivity contribution >= 4 is 23.4 Å². The van der Waals surface area contributed by atoms with Crippen molar-refractivity contribution in [2.75, 3.05) is 11.1 Å². The van der Waals surface area contributed by atoms with Crippen LogP contribution < -0.4 is 16.4 Å². The predicted octanol–water partition coefficient (Wildman–Crippen LogP) is 2.18. The van der Waals surface area contributed by atoms with Crippen molar-refractivity contribution in [3.63, 3.8) is 0 Å². The second kappa shape index (κ2) is 5.03. The van der Waals surface area contributed by atoms with E-state index in [0.29, 0.717) is 11.4 Å². The Labute approximate surface area is 117 Å². The van der Waals surface area contributed by atoms with Crippen LogP contribution >= 0.6 is 0 Å². The molecule has 20 heavy (non-hydrogen) atoms. The van der Waals surface area contributed by atoms with Crippen LogP contribution in [0, 0.1) is 0 Å². The van der Waals surface area contributed by atoms with Crippen molar-refractivity contribution in [3.8, 4) is 0 Å². The van der Waals surface area contributed by atoms with E-state index in [1.165, 1.54) is 0 Å². The van der Waals surface area contributed by atoms with E-state index in [1.807, 2.05) is 0 Å². The molecule has 0 saturated heterocycles. The summed E-state index contributed by atoms with van der Waals surface area (Å²) in [5, 5.41) is 5.46. The first kappa shape index (κ1) is 14.2. The van der Waals surface area contributed by atoms with Crippen LogP contribution in [0.4, 0.5) is 16.2 Å². The zero-order valence-corrected chi connectivity index (χ0v) is 11.8. The van der Waals surface area contributed by atoms with Crippen LogP contribution in [0.15, 0.2) is 18.2 Å². The topological polar surface area (TPSA) is 93.4 Å². The maximum atomic E-state index is 11.8. The lowest BCUT2D eigenvalue weighted by Gasteiger charge is -2.28. The van der Waals surface area contributed by atoms with Crippen LogP contribution in [0.1, 0.15) is 38.8 Å². The van der Waals surface area contributed by atoms with Gasteiger partial charge in [0.2, 0.25) is 5.91 Å². The molecule has 0 radical (unpaired) electrons. The number of nitrogens with one attached hydrogen (secondary N) is 2. The summed E-state index contributed by atoms with van der Waals surface area (Å²) in [7, 11) is 0. The van der Waals surface area contributed by atoms with E-state index in [2.05, 4.69) is 10.6 Å². The maximum absolute atomic E-state index is 11.8. The molecular formula is C14H19N3O3. The van der Waals surface area contributed by atoms with Crippen LogP contribution in [-0.2, 0) is 9.53 Å². The number of benzene rings is 1. The average Bonchev–Trinajstić information content (AvgIpc) is 2.24. The lowest BCUT2D eigenvalue weighted by atomic mass is 9.97. The lowest BCUT2D eigenvalue weighted by Crippen LogP contribution is -2.38. The number of carbonyl (C=O) groups is 2. The van der Waals surface area contributed by atoms with E-state index in [9.17, 15) is 9.59 Å². The summed E-state index contributed by atoms with van der Waals surface area (Å²) in [5.41, 5.74) is 7.12. The fraction of sp³-hybridized carbons (Fsp3) is 0.429. The number of hydrogen-bond donors (Lipinski definition) is 3. The van der Waals surface area contributed by atoms with Gasteiger partial charge in [-0.25, -0.2) is 4.79 Å². The van der Waals surface area contributed by atoms with E-state index in [1.54, 1.807) is 39.0 Å². The molecule has 2 amide bonds. The zero-order chi connectivity index (χ0) is 14.9. The highest BCUT2D eigenvalue weighted by Gasteiger charge is 2.28. The highest BCUT2D eigenvalue weighted by molar-refractivity contribution is 5.95. The number of amides is 2. The van der Waals surface area contributed by atoms with E-state index in [0.717, 1.165) is 5.56 Å². The monoisotopic (exact) mass is 277 g/mol. The van der Waals surface area contributed by atoms with Gasteiger partial charge in [-0.2, -0.15) is 0 Å². The molecule has 108 valence electrons. The minimum absolute atomic E-state index is 0.163. The van der Waals surface area contributed by atoms with Crippen LogP contribution in [0.25, 0.3) is 0 Å². The summed E-state index contributed by atoms with van der Waals surface area (Å²) < 4.78 is 5.21. The van der Waals surface area contributed by atoms with Crippen LogP contribution in [0.3, 0.4) is 0 Å². The number of ether oxygens (including phenoxy) is 1. The number of nitrogens with two attached hydrogens (primary N) is 1. The van der Waals surface area contributed by atoms with Crippen LogP contribution in [0.5, 0.6) is 0 Å². The van der Waals surface area contributed by atoms with Gasteiger partial charge < -0.3 is 21.1 Å². The number of anilines is 2. The predicted molar refractivity (Wildman–Crippen MR) is 76.2 cm³/mol. The summed E-state index contributed by atoms with van der Waals surface area (Å²) in [4.78, 5) is 23.5. The molecule has 1 aliphatic rings. The van der Waals surface area contributed by atoms with Crippen molar-refractivity contribution < 1.29 is 14.3 Å². The Morgan fingerprint density at radius 3 is 2.80 bits per heavy atom. The summed E-state index contributed by atoms with van der Waals surface area (Å²) in [6, 6.07) is 4.80. The van der Waals surface area contributed by atoms with Gasteiger partial charge in [-0.05, 0) is 38.5 Å². The van der Waals surface area contributed by atoms with Gasteiger partial charge >= 0.3 is 6.09 Å². The first-order chi connectivity index (χ1) is 9.24. The van der Waals surface area contributed by atoms with E-state index in [-0.39, 0.29) is 12.3 Å². The number of fused-ring (bicyclic) bond motifs is 1. The van der Waals surface area contributed by atoms with Crippen molar-refractivity contribution in [2.24, 2.45) is 0 Å². The minimum Gasteiger partial charge on any atom is -0.444 e. The van der Waals surface area contributed by atoms with Gasteiger partial charge in [-0.3, -0.25) is 4.79 Å². The number of carbonyl (C=O) groups excluding carboxylic acids is 2. The van der Waals surface area contributed by atoms with Gasteiger partial charge in [0.15, 0.2) is 0 Å². The third-order valence-electron chi connectivity index (χ3n) is 2.81. The zero-order valence-electron chi connectivity index (χ0n) is 11.8. The Bertz CT molecular complexity index is 549. The third-order valence-corrected chi connectivity index (χ3v) is 2.81. The Morgan fingerprint density at radius 2 is 2.15 bits per heavy atom. The number of nitrogen functional groups attached to an aromatic ring is 1. The van der Waals surface area contributed by atoms with Crippen molar-refractivity contribution in [1.29, 1.82) is 0 Å². The van der Waals surface area contributed by atoms with E-state index < -0.39 is 17.7 Å². The van der Waals surface area contributed by atoms with Crippen molar-refractivity contribution in [1.82, 2.24) is 5.32 Å². The molecule has 1 heterocycles. The molecule has 6 heteroatoms. The number of alkyl carbamates (subject to hydrolysis) is 1. The van der Waals surface area contributed by atoms with Crippen LogP contribution in [-0.4, -0.2) is 17.6 Å². The Kier molecular flexibility index (Phi) is 3.57. The molecule has 1 aliphatic heterocycles. The number of rotatable bonds is 1. The smallest absolute Gasteiger partial charge is 0.408 e. The summed E-state index contributed by atoms with van der Waals surface area (Å²) in [5.74, 6) is -0.163. The average molecular weight is 277 g/mol. The third kappa shape index (κ3) is 3.40. The molecule has 6 nitrogen and oxygen atoms in total. The molecule has 0 spiro atoms. The molecule has 2 rings (SSSR count). The minimum atomic E-state index is -0.578. The molecule has 0 fully saturated rings. The summed E-state index contributed by atoms with van der Waals surface area (Å²) in [6.07, 6.45) is -0.365. The highest BCUT2D eigenvalue weighted by Crippen LogP contribution is 2.32. The van der Waals surface area contributed by atoms with Crippen molar-refractivity contribution in [2.45, 2.75) is 38.8 Å². The van der Waals surface area contributed by atoms with Gasteiger partial charge in [0, 0.05) is 11.4 Å². The van der Waals surface area contributed by atoms with Gasteiger partial charge in [0.1, 0.15) is 5.60 Å². The van der Waals surface area contributed by atoms with E-state index >= 15 is 0 Å². The molecule has 1 atom stereocenters. The molecule has 4 N–H and O–H groups in total. The SMILES string of the molecule is CC(C)(C)OC(=O)NC1CC(=O)Nc2cc(N)ccc21. The standard InChI is InChI=1S/C14H19N3O3/c1-14(2,3)20-13(19)17-11-7-12(18)16-10-6-8(15)4-5-9(10)11/h4-6,11H,7,15H2,1-3H3,(H,16,18)(H,17,19). The fourth-order valence-electron chi connectivity index (χ4n) is 2.06. The first-order valence-electron chi connectivity index (χ1n) is 6.43. The number of hydrogen-bond acceptors (Lipinski definition) is 4. The van der Waals surface area contributed by atoms with Crippen molar-refractivity contribution in [3.05, 3.63) is 23.8 Å². The quantitative estimate of drug-likeness (QED) is 0.686. The Hall–Kier alpha value is -2.24. The largest absolute Gasteiger partial charge is 0.444 e. The summed E-state index contributed by atoms with van der Waals surface area (Å²) in [6.45, 7) is 5.36. The maximum Gasteiger partial charge on any atom is 0.408 e. The lowest BCUT2D eigenvalue weighted by molar-refractivity contribution is -0.117. The molecular weight excluding hydrogens is 258 g/mol. The Balaban J connectivity index is 2.17. The molecule has 1 aromatic carbocycles. The molecule has 1 aromatic rings. The molecule has 0 saturated carbocycles. The van der Waals surface area contributed by atoms with Gasteiger partial charge in [0.25, 0.3) is 0 Å². The Morgan fingerprint density at radius 1 is 1.45 bits per heavy atom. The normalized spacial score (nSPS) is 17.9. The summed E-state index contributed by atoms with van der Waals surface area (Å²) >= 11 is 0. The molecule has 1 unspecified atom stereocenters. The second-order valence-electron chi connectivity index (χ2n) is 5.80. The van der Waals surface area contributed by atoms with Gasteiger partial charge in [-0.1, -0.05) is 6.07 Å². The van der Waals surface area contributed by atoms with Crippen LogP contribution in [0.2, 0.25) is 0 Å². The molecule has 0 aliphatic carbocycles. The molecule has 0 aromatic heterocycles. The first-order valence-corrected chi connectivity index (χ1v) is 6.43. The van der Waals surface area contributed by atoms with E-state index in [4.69, 9.17) is 10.5 Å². The molecule has 0 bridgehead atoms. The fourth-order valence-corrected chi connectivity index (χ4v) is 2.06. The second-order valence-corrected chi connectivity index (χ2v) is 5.80. The highest BCUT2D eigenvalue weighted by atomic mass is 16.6. The van der Waals surface area contributed by atoms with Gasteiger partial charge in [0.05, 0.1) is 12.5 Å².